The van der Waals surface area contributed by atoms with Crippen molar-refractivity contribution in [3.63, 3.8) is 0 Å². The molecule has 3 heteroatoms. The number of rotatable bonds is 3. The fourth-order valence-corrected chi connectivity index (χ4v) is 0.628. The summed E-state index contributed by atoms with van der Waals surface area (Å²) in [5.41, 5.74) is 0. The first-order valence-corrected chi connectivity index (χ1v) is 4.20. The molecular formula is C10H22NY2. The second kappa shape index (κ2) is 19.7. The van der Waals surface area contributed by atoms with E-state index in [1.54, 1.807) is 0 Å². The van der Waals surface area contributed by atoms with Crippen molar-refractivity contribution in [2.45, 2.75) is 33.7 Å². The maximum absolute atomic E-state index is 3.76. The van der Waals surface area contributed by atoms with Gasteiger partial charge in [-0.25, -0.2) is 0 Å². The molecule has 0 aliphatic heterocycles. The van der Waals surface area contributed by atoms with Crippen LogP contribution < -0.4 is 0 Å². The first-order valence-electron chi connectivity index (χ1n) is 4.20. The van der Waals surface area contributed by atoms with Crippen LogP contribution in [-0.2, 0) is 65.4 Å². The molecule has 0 saturated carbocycles. The van der Waals surface area contributed by atoms with Crippen LogP contribution in [0.4, 0.5) is 0 Å². The van der Waals surface area contributed by atoms with Gasteiger partial charge in [0.05, 0.1) is 0 Å². The third kappa shape index (κ3) is 20.3. The van der Waals surface area contributed by atoms with Gasteiger partial charge < -0.3 is 25.2 Å². The van der Waals surface area contributed by atoms with Crippen LogP contribution in [0.5, 0.6) is 0 Å². The van der Waals surface area contributed by atoms with Crippen molar-refractivity contribution in [2.24, 2.45) is 0 Å². The van der Waals surface area contributed by atoms with Gasteiger partial charge in [0.2, 0.25) is 0 Å². The molecule has 0 aromatic heterocycles. The first kappa shape index (κ1) is 24.4. The topological polar surface area (TPSA) is 3.24 Å². The summed E-state index contributed by atoms with van der Waals surface area (Å²) in [7, 11) is 0. The van der Waals surface area contributed by atoms with E-state index in [0.29, 0.717) is 6.04 Å². The normalized spacial score (nSPS) is 8.31. The van der Waals surface area contributed by atoms with Crippen molar-refractivity contribution in [1.82, 2.24) is 4.90 Å². The molecule has 0 fully saturated rings. The van der Waals surface area contributed by atoms with Crippen LogP contribution in [0, 0.1) is 20.3 Å². The van der Waals surface area contributed by atoms with E-state index in [-0.39, 0.29) is 65.4 Å². The predicted octanol–water partition coefficient (Wildman–Crippen LogP) is 2.59. The van der Waals surface area contributed by atoms with Crippen LogP contribution in [0.25, 0.3) is 0 Å². The van der Waals surface area contributed by atoms with Crippen molar-refractivity contribution in [2.75, 3.05) is 13.1 Å². The van der Waals surface area contributed by atoms with E-state index in [4.69, 9.17) is 0 Å². The molecule has 0 aliphatic carbocycles. The number of hydrogen-bond acceptors (Lipinski definition) is 1. The average Bonchev–Trinajstić information content (AvgIpc) is 1.91. The summed E-state index contributed by atoms with van der Waals surface area (Å²) in [5.74, 6) is 0. The zero-order valence-electron chi connectivity index (χ0n) is 9.59. The Morgan fingerprint density at radius 2 is 1.38 bits per heavy atom. The molecule has 0 rings (SSSR count). The van der Waals surface area contributed by atoms with Crippen LogP contribution in [0.1, 0.15) is 27.7 Å². The summed E-state index contributed by atoms with van der Waals surface area (Å²) in [6.07, 6.45) is 2.00. The molecule has 1 nitrogen and oxygen atoms in total. The van der Waals surface area contributed by atoms with Crippen molar-refractivity contribution in [3.05, 3.63) is 20.3 Å². The van der Waals surface area contributed by atoms with E-state index >= 15 is 0 Å². The van der Waals surface area contributed by atoms with Gasteiger partial charge in [0.15, 0.2) is 0 Å². The van der Waals surface area contributed by atoms with Crippen LogP contribution in [0.2, 0.25) is 0 Å². The van der Waals surface area contributed by atoms with E-state index in [0.717, 1.165) is 13.1 Å². The molecule has 0 bridgehead atoms. The van der Waals surface area contributed by atoms with Gasteiger partial charge >= 0.3 is 32.7 Å². The zero-order valence-corrected chi connectivity index (χ0v) is 15.3. The minimum Gasteiger partial charge on any atom is -0.360 e. The third-order valence-corrected chi connectivity index (χ3v) is 1.30. The average molecular weight is 334 g/mol. The molecule has 73 valence electrons. The number of hydrogen-bond donors (Lipinski definition) is 0. The molecule has 0 atom stereocenters. The maximum atomic E-state index is 3.76. The quantitative estimate of drug-likeness (QED) is 0.717. The molecule has 0 N–H and O–H groups in total. The second-order valence-electron chi connectivity index (χ2n) is 2.71. The minimum atomic E-state index is 0. The molecular weight excluding hydrogens is 312 g/mol. The Labute approximate surface area is 136 Å². The van der Waals surface area contributed by atoms with Crippen molar-refractivity contribution < 1.29 is 65.4 Å². The Bertz CT molecular complexity index is 63.9. The summed E-state index contributed by atoms with van der Waals surface area (Å²) in [5, 5.41) is 0. The van der Waals surface area contributed by atoms with Crippen molar-refractivity contribution >= 4 is 0 Å². The van der Waals surface area contributed by atoms with Gasteiger partial charge in [0, 0.05) is 32.7 Å². The molecule has 0 spiro atoms. The Balaban J connectivity index is -0.0000000720. The van der Waals surface area contributed by atoms with Gasteiger partial charge in [-0.1, -0.05) is 13.8 Å². The third-order valence-electron chi connectivity index (χ3n) is 1.30. The van der Waals surface area contributed by atoms with E-state index < -0.39 is 0 Å². The van der Waals surface area contributed by atoms with Crippen LogP contribution in [0.3, 0.4) is 0 Å². The largest absolute Gasteiger partial charge is 3.00 e. The molecule has 0 amide bonds. The van der Waals surface area contributed by atoms with Gasteiger partial charge in [-0.2, -0.15) is 13.8 Å². The Kier molecular flexibility index (Phi) is 37.0. The van der Waals surface area contributed by atoms with Gasteiger partial charge in [0.1, 0.15) is 0 Å². The fourth-order valence-electron chi connectivity index (χ4n) is 0.628. The Morgan fingerprint density at radius 1 is 1.15 bits per heavy atom. The van der Waals surface area contributed by atoms with Gasteiger partial charge in [-0.3, -0.25) is 0 Å². The molecule has 0 saturated heterocycles. The standard InChI is InChI=1S/C7H15N.C3H7.2Y/c1-5-8(6-2)7(3)4;1-3-2;;/h7H,1-2,5-6H2,3-4H3;3H,1-2H3;;/q-2;-1;;+3. The Hall–Kier alpha value is 2.17. The van der Waals surface area contributed by atoms with Crippen LogP contribution >= 0.6 is 0 Å². The molecule has 0 aromatic carbocycles. The maximum Gasteiger partial charge on any atom is 3.00 e. The second-order valence-corrected chi connectivity index (χ2v) is 2.71. The van der Waals surface area contributed by atoms with Crippen molar-refractivity contribution in [3.8, 4) is 0 Å². The number of nitrogens with zero attached hydrogens (tertiary/aromatic N) is 1. The van der Waals surface area contributed by atoms with Gasteiger partial charge in [-0.15, -0.1) is 13.1 Å². The van der Waals surface area contributed by atoms with E-state index in [1.165, 1.54) is 0 Å². The summed E-state index contributed by atoms with van der Waals surface area (Å²) >= 11 is 0. The summed E-state index contributed by atoms with van der Waals surface area (Å²) < 4.78 is 0. The zero-order chi connectivity index (χ0) is 9.28. The van der Waals surface area contributed by atoms with Gasteiger partial charge in [-0.05, 0) is 6.04 Å². The van der Waals surface area contributed by atoms with Crippen LogP contribution in [-0.4, -0.2) is 24.0 Å². The summed E-state index contributed by atoms with van der Waals surface area (Å²) in [4.78, 5) is 2.19. The summed E-state index contributed by atoms with van der Waals surface area (Å²) in [6, 6.07) is 0.588. The molecule has 1 radical (unpaired) electrons. The minimum absolute atomic E-state index is 0. The molecule has 0 aliphatic rings. The van der Waals surface area contributed by atoms with Crippen molar-refractivity contribution in [1.29, 1.82) is 0 Å². The predicted molar refractivity (Wildman–Crippen MR) is 53.1 cm³/mol. The summed E-state index contributed by atoms with van der Waals surface area (Å²) in [6.45, 7) is 17.6. The molecule has 0 unspecified atom stereocenters. The van der Waals surface area contributed by atoms with Crippen LogP contribution in [0.15, 0.2) is 0 Å². The van der Waals surface area contributed by atoms with Gasteiger partial charge in [0.25, 0.3) is 0 Å². The van der Waals surface area contributed by atoms with E-state index in [1.807, 2.05) is 20.3 Å². The SMILES string of the molecule is C[CH-]C.[CH2-]CN(C[CH2-])C(C)C.[Y+3].[Y]. The Morgan fingerprint density at radius 3 is 1.38 bits per heavy atom. The first-order chi connectivity index (χ1) is 5.13. The molecule has 0 aromatic rings. The molecule has 0 heterocycles. The fraction of sp³-hybridized carbons (Fsp3) is 0.700. The monoisotopic (exact) mass is 334 g/mol. The smallest absolute Gasteiger partial charge is 0.360 e. The van der Waals surface area contributed by atoms with E-state index in [9.17, 15) is 0 Å². The van der Waals surface area contributed by atoms with E-state index in [2.05, 4.69) is 32.6 Å². The molecule has 13 heavy (non-hydrogen) atoms.